The van der Waals surface area contributed by atoms with Crippen molar-refractivity contribution in [3.05, 3.63) is 58.1 Å². The molecule has 0 aromatic heterocycles. The summed E-state index contributed by atoms with van der Waals surface area (Å²) in [6, 6.07) is 7.55. The van der Waals surface area contributed by atoms with E-state index in [1.54, 1.807) is 0 Å². The van der Waals surface area contributed by atoms with Crippen LogP contribution in [0.25, 0.3) is 0 Å². The predicted octanol–water partition coefficient (Wildman–Crippen LogP) is 4.19. The monoisotopic (exact) mass is 628 g/mol. The average molecular weight is 629 g/mol. The fourth-order valence-electron chi connectivity index (χ4n) is 5.29. The molecule has 2 amide bonds. The maximum Gasteiger partial charge on any atom is 0.306 e. The van der Waals surface area contributed by atoms with E-state index in [1.807, 2.05) is 0 Å². The molecule has 3 aliphatic carbocycles. The number of carbonyl (C=O) groups excluding carboxylic acids is 3. The number of carboxylic acid groups (broad SMARTS) is 1. The molecular formula is C28H28Cl2F2N2O8. The number of rotatable bonds is 12. The van der Waals surface area contributed by atoms with Crippen molar-refractivity contribution in [1.29, 1.82) is 0 Å². The number of carbonyl (C=O) groups is 4. The third-order valence-corrected chi connectivity index (χ3v) is 8.04. The van der Waals surface area contributed by atoms with E-state index in [-0.39, 0.29) is 34.4 Å². The Morgan fingerprint density at radius 2 is 1.36 bits per heavy atom. The highest BCUT2D eigenvalue weighted by atomic mass is 35.5. The average Bonchev–Trinajstić information content (AvgIpc) is 2.94. The van der Waals surface area contributed by atoms with Crippen molar-refractivity contribution in [3.63, 3.8) is 0 Å². The van der Waals surface area contributed by atoms with Crippen LogP contribution < -0.4 is 20.1 Å². The van der Waals surface area contributed by atoms with Crippen LogP contribution in [-0.4, -0.2) is 59.3 Å². The molecule has 0 heterocycles. The predicted molar refractivity (Wildman–Crippen MR) is 145 cm³/mol. The van der Waals surface area contributed by atoms with E-state index in [0.29, 0.717) is 25.7 Å². The largest absolute Gasteiger partial charge is 0.484 e. The zero-order valence-electron chi connectivity index (χ0n) is 22.2. The summed E-state index contributed by atoms with van der Waals surface area (Å²) < 4.78 is 43.9. The molecule has 0 spiro atoms. The zero-order chi connectivity index (χ0) is 30.5. The normalized spacial score (nSPS) is 22.6. The van der Waals surface area contributed by atoms with E-state index in [1.165, 1.54) is 24.3 Å². The van der Waals surface area contributed by atoms with Gasteiger partial charge in [-0.1, -0.05) is 23.2 Å². The topological polar surface area (TPSA) is 140 Å². The number of aliphatic carboxylic acids is 1. The number of fused-ring (bicyclic) bond motifs is 3. The number of esters is 1. The molecule has 1 atom stereocenters. The molecule has 3 saturated carbocycles. The number of ether oxygens (including phenoxy) is 3. The lowest BCUT2D eigenvalue weighted by molar-refractivity contribution is -0.168. The van der Waals surface area contributed by atoms with Gasteiger partial charge < -0.3 is 30.0 Å². The van der Waals surface area contributed by atoms with Crippen LogP contribution in [-0.2, 0) is 23.9 Å². The van der Waals surface area contributed by atoms with Crippen molar-refractivity contribution >= 4 is 47.0 Å². The van der Waals surface area contributed by atoms with Crippen LogP contribution in [0.1, 0.15) is 44.9 Å². The highest BCUT2D eigenvalue weighted by Gasteiger charge is 2.57. The molecule has 0 aliphatic heterocycles. The van der Waals surface area contributed by atoms with Gasteiger partial charge >= 0.3 is 11.9 Å². The lowest BCUT2D eigenvalue weighted by atomic mass is 9.59. The second kappa shape index (κ2) is 13.1. The maximum absolute atomic E-state index is 13.7. The number of benzene rings is 2. The summed E-state index contributed by atoms with van der Waals surface area (Å²) in [5.74, 6) is -4.13. The summed E-state index contributed by atoms with van der Waals surface area (Å²) >= 11 is 11.3. The molecule has 2 bridgehead atoms. The van der Waals surface area contributed by atoms with E-state index >= 15 is 0 Å². The maximum atomic E-state index is 13.7. The molecule has 2 aromatic carbocycles. The van der Waals surface area contributed by atoms with E-state index in [2.05, 4.69) is 10.6 Å². The van der Waals surface area contributed by atoms with Crippen molar-refractivity contribution in [2.75, 3.05) is 13.2 Å². The molecule has 42 heavy (non-hydrogen) atoms. The Morgan fingerprint density at radius 1 is 0.833 bits per heavy atom. The molecule has 10 nitrogen and oxygen atoms in total. The number of hydrogen-bond donors (Lipinski definition) is 3. The standard InChI is InChI=1S/C28H28Cl2F2N2O8/c29-18-3-1-16(11-20(18)31)40-14-23(35)33-27-7-9-28(10-8-27,22(13-27)42-26(39)6-5-25(37)38)34-24(36)15-41-17-2-4-19(30)21(32)12-17/h1-4,11-12,22H,5-10,13-15H2,(H,33,35)(H,34,36)(H,37,38)/t22-,27?,28?/m0/s1. The number of amides is 2. The summed E-state index contributed by atoms with van der Waals surface area (Å²) in [6.07, 6.45) is -0.0144. The minimum absolute atomic E-state index is 0.0833. The highest BCUT2D eigenvalue weighted by Crippen LogP contribution is 2.48. The Bertz CT molecular complexity index is 1370. The van der Waals surface area contributed by atoms with Gasteiger partial charge in [0.25, 0.3) is 11.8 Å². The molecule has 14 heteroatoms. The van der Waals surface area contributed by atoms with Crippen molar-refractivity contribution < 1.29 is 47.3 Å². The number of hydrogen-bond acceptors (Lipinski definition) is 7. The summed E-state index contributed by atoms with van der Waals surface area (Å²) in [4.78, 5) is 49.1. The van der Waals surface area contributed by atoms with Gasteiger partial charge in [0.05, 0.1) is 28.4 Å². The van der Waals surface area contributed by atoms with Crippen LogP contribution in [0.2, 0.25) is 10.0 Å². The molecule has 0 unspecified atom stereocenters. The van der Waals surface area contributed by atoms with Gasteiger partial charge in [0, 0.05) is 24.1 Å². The third kappa shape index (κ3) is 7.80. The lowest BCUT2D eigenvalue weighted by Gasteiger charge is -2.57. The second-order valence-corrected chi connectivity index (χ2v) is 11.2. The van der Waals surface area contributed by atoms with E-state index < -0.39 is 72.2 Å². The van der Waals surface area contributed by atoms with Gasteiger partial charge in [-0.25, -0.2) is 8.78 Å². The second-order valence-electron chi connectivity index (χ2n) is 10.3. The molecular weight excluding hydrogens is 601 g/mol. The molecule has 0 radical (unpaired) electrons. The minimum atomic E-state index is -1.17. The zero-order valence-corrected chi connectivity index (χ0v) is 23.7. The van der Waals surface area contributed by atoms with Crippen LogP contribution in [0.3, 0.4) is 0 Å². The van der Waals surface area contributed by atoms with E-state index in [0.717, 1.165) is 12.1 Å². The van der Waals surface area contributed by atoms with E-state index in [9.17, 15) is 28.0 Å². The van der Waals surface area contributed by atoms with Gasteiger partial charge in [0.15, 0.2) is 13.2 Å². The first kappa shape index (κ1) is 31.3. The van der Waals surface area contributed by atoms with Crippen LogP contribution in [0.4, 0.5) is 8.78 Å². The Kier molecular flexibility index (Phi) is 9.78. The smallest absolute Gasteiger partial charge is 0.306 e. The van der Waals surface area contributed by atoms with Gasteiger partial charge in [-0.2, -0.15) is 0 Å². The quantitative estimate of drug-likeness (QED) is 0.297. The van der Waals surface area contributed by atoms with E-state index in [4.69, 9.17) is 42.5 Å². The first-order valence-corrected chi connectivity index (χ1v) is 13.8. The van der Waals surface area contributed by atoms with Crippen LogP contribution >= 0.6 is 23.2 Å². The first-order valence-electron chi connectivity index (χ1n) is 13.1. The molecule has 3 fully saturated rings. The molecule has 3 aliphatic rings. The molecule has 5 rings (SSSR count). The van der Waals surface area contributed by atoms with Gasteiger partial charge in [-0.15, -0.1) is 0 Å². The van der Waals surface area contributed by atoms with Crippen molar-refractivity contribution in [2.24, 2.45) is 0 Å². The van der Waals surface area contributed by atoms with Crippen molar-refractivity contribution in [1.82, 2.24) is 10.6 Å². The van der Waals surface area contributed by atoms with Gasteiger partial charge in [-0.3, -0.25) is 19.2 Å². The number of carboxylic acids is 1. The molecule has 226 valence electrons. The fraction of sp³-hybridized carbons (Fsp3) is 0.429. The van der Waals surface area contributed by atoms with Crippen molar-refractivity contribution in [3.8, 4) is 11.5 Å². The Hall–Kier alpha value is -3.64. The molecule has 0 saturated heterocycles. The van der Waals surface area contributed by atoms with Gasteiger partial charge in [0.2, 0.25) is 0 Å². The Balaban J connectivity index is 1.41. The summed E-state index contributed by atoms with van der Waals surface area (Å²) in [6.45, 7) is -0.858. The summed E-state index contributed by atoms with van der Waals surface area (Å²) in [5.41, 5.74) is -1.78. The van der Waals surface area contributed by atoms with Crippen molar-refractivity contribution in [2.45, 2.75) is 62.1 Å². The van der Waals surface area contributed by atoms with Gasteiger partial charge in [-0.05, 0) is 49.9 Å². The van der Waals surface area contributed by atoms with Crippen LogP contribution in [0, 0.1) is 11.6 Å². The van der Waals surface area contributed by atoms with Gasteiger partial charge in [0.1, 0.15) is 29.2 Å². The lowest BCUT2D eigenvalue weighted by Crippen LogP contribution is -2.71. The first-order chi connectivity index (χ1) is 19.9. The molecule has 2 aromatic rings. The van der Waals surface area contributed by atoms with Crippen LogP contribution in [0.5, 0.6) is 11.5 Å². The number of halogens is 4. The number of nitrogens with one attached hydrogen (secondary N) is 2. The van der Waals surface area contributed by atoms with Crippen LogP contribution in [0.15, 0.2) is 36.4 Å². The summed E-state index contributed by atoms with van der Waals surface area (Å²) in [7, 11) is 0. The minimum Gasteiger partial charge on any atom is -0.484 e. The summed E-state index contributed by atoms with van der Waals surface area (Å²) in [5, 5.41) is 14.6. The Morgan fingerprint density at radius 3 is 1.86 bits per heavy atom. The highest BCUT2D eigenvalue weighted by molar-refractivity contribution is 6.31. The fourth-order valence-corrected chi connectivity index (χ4v) is 5.53. The molecule has 3 N–H and O–H groups in total. The third-order valence-electron chi connectivity index (χ3n) is 7.42. The Labute approximate surface area is 249 Å². The SMILES string of the molecule is O=C(O)CCC(=O)O[C@H]1CC2(NC(=O)COc3ccc(Cl)c(F)c3)CCC1(NC(=O)COc1ccc(Cl)c(F)c1)CC2.